The van der Waals surface area contributed by atoms with Crippen LogP contribution in [0.3, 0.4) is 0 Å². The van der Waals surface area contributed by atoms with Crippen molar-refractivity contribution in [2.45, 2.75) is 78.4 Å². The van der Waals surface area contributed by atoms with Gasteiger partial charge in [0.05, 0.1) is 34.7 Å². The van der Waals surface area contributed by atoms with Crippen molar-refractivity contribution in [1.82, 2.24) is 40.2 Å². The van der Waals surface area contributed by atoms with Crippen molar-refractivity contribution in [3.05, 3.63) is 82.9 Å². The van der Waals surface area contributed by atoms with E-state index in [2.05, 4.69) is 51.3 Å². The summed E-state index contributed by atoms with van der Waals surface area (Å²) in [6.07, 6.45) is 2.77. The molecule has 0 spiro atoms. The highest BCUT2D eigenvalue weighted by atomic mass is 19.1. The van der Waals surface area contributed by atoms with Gasteiger partial charge in [0.25, 0.3) is 0 Å². The Bertz CT molecular complexity index is 2330. The summed E-state index contributed by atoms with van der Waals surface area (Å²) in [5, 5.41) is 8.23. The highest BCUT2D eigenvalue weighted by Gasteiger charge is 2.39. The Labute approximate surface area is 363 Å². The first-order valence-corrected chi connectivity index (χ1v) is 21.6. The van der Waals surface area contributed by atoms with Crippen LogP contribution in [0, 0.1) is 11.6 Å². The third kappa shape index (κ3) is 10.5. The minimum Gasteiger partial charge on any atom is -0.459 e. The lowest BCUT2D eigenvalue weighted by molar-refractivity contribution is -0.141. The Morgan fingerprint density at radius 1 is 0.677 bits per heavy atom. The number of hydrogen-bond donors (Lipinski definition) is 4. The van der Waals surface area contributed by atoms with Crippen LogP contribution in [-0.4, -0.2) is 139 Å². The summed E-state index contributed by atoms with van der Waals surface area (Å²) in [5.74, 6) is -1.56. The van der Waals surface area contributed by atoms with Crippen LogP contribution in [0.5, 0.6) is 0 Å². The molecule has 2 aromatic carbocycles. The van der Waals surface area contributed by atoms with E-state index in [0.29, 0.717) is 54.2 Å². The van der Waals surface area contributed by atoms with Crippen LogP contribution in [0.15, 0.2) is 48.8 Å². The van der Waals surface area contributed by atoms with Gasteiger partial charge in [-0.25, -0.2) is 23.2 Å². The largest absolute Gasteiger partial charge is 0.459 e. The monoisotopic (exact) mass is 858 g/mol. The van der Waals surface area contributed by atoms with Gasteiger partial charge in [0, 0.05) is 110 Å². The van der Waals surface area contributed by atoms with Crippen molar-refractivity contribution >= 4 is 50.9 Å². The number of amides is 2. The molecule has 336 valence electrons. The van der Waals surface area contributed by atoms with Crippen molar-refractivity contribution < 1.29 is 32.6 Å². The fourth-order valence-corrected chi connectivity index (χ4v) is 8.44. The number of halogens is 2. The molecular weight excluding hydrogens is 795 g/mol. The van der Waals surface area contributed by atoms with E-state index in [1.54, 1.807) is 43.3 Å². The van der Waals surface area contributed by atoms with Crippen molar-refractivity contribution in [2.75, 3.05) is 79.5 Å². The van der Waals surface area contributed by atoms with E-state index in [-0.39, 0.29) is 40.9 Å². The molecule has 2 fully saturated rings. The van der Waals surface area contributed by atoms with Gasteiger partial charge in [0.2, 0.25) is 0 Å². The van der Waals surface area contributed by atoms with Gasteiger partial charge in [-0.3, -0.25) is 4.90 Å². The molecule has 0 unspecified atom stereocenters. The molecule has 0 saturated carbocycles. The number of aromatic amines is 2. The summed E-state index contributed by atoms with van der Waals surface area (Å²) in [6, 6.07) is 9.11. The SMILES string of the molecule is CC(C)OC(=O)C1=CN(C(=O)N2CCN(C)CC2)CC(C)(C)c2c1[nH]c1cc(F)ccc21.CC(C)OC(=O)C1=CNCC(C)(C)c2c1[nH]c1cc(F)ccc21.CN1CCNCC1. The number of carbonyl (C=O) groups excluding carboxylic acids is 3. The summed E-state index contributed by atoms with van der Waals surface area (Å²) in [5.41, 5.74) is 4.47. The Hall–Kier alpha value is -5.25. The van der Waals surface area contributed by atoms with Gasteiger partial charge in [-0.1, -0.05) is 27.7 Å². The van der Waals surface area contributed by atoms with Crippen molar-refractivity contribution in [3.8, 4) is 0 Å². The fraction of sp³-hybridized carbons (Fsp3) is 0.511. The molecule has 13 nitrogen and oxygen atoms in total. The van der Waals surface area contributed by atoms with E-state index in [1.165, 1.54) is 37.4 Å². The first kappa shape index (κ1) is 46.3. The van der Waals surface area contributed by atoms with Crippen molar-refractivity contribution in [1.29, 1.82) is 0 Å². The maximum atomic E-state index is 13.9. The molecule has 15 heteroatoms. The molecular formula is C47H64F2N8O5. The number of hydrogen-bond acceptors (Lipinski definition) is 9. The molecule has 62 heavy (non-hydrogen) atoms. The Balaban J connectivity index is 0.000000185. The average molecular weight is 859 g/mol. The van der Waals surface area contributed by atoms with Gasteiger partial charge in [0.15, 0.2) is 0 Å². The maximum Gasteiger partial charge on any atom is 0.342 e. The lowest BCUT2D eigenvalue weighted by atomic mass is 9.82. The predicted octanol–water partition coefficient (Wildman–Crippen LogP) is 6.56. The first-order valence-electron chi connectivity index (χ1n) is 21.6. The standard InChI is InChI=1S/C24H31FN4O3.C18H21FN2O2.C5H12N2/c1-15(2)32-22(30)18-13-29(23(31)28-10-8-27(5)9-11-28)14-24(3,4)20-17-7-6-16(25)12-19(17)26-21(18)20;1-10(2)23-17(22)13-8-20-9-18(3,4)15-12-6-5-11(19)7-14(12)21-16(13)15;1-7-4-2-6-3-5-7/h6-7,12-13,15,26H,8-11,14H2,1-5H3;5-8,10,20-21H,9H2,1-4H3;6H,2-5H2,1H3. The molecule has 0 bridgehead atoms. The number of ether oxygens (including phenoxy) is 2. The van der Waals surface area contributed by atoms with E-state index in [0.717, 1.165) is 48.1 Å². The van der Waals surface area contributed by atoms with Crippen molar-refractivity contribution in [3.63, 3.8) is 0 Å². The number of likely N-dealkylation sites (N-methyl/N-ethyl adjacent to an activating group) is 2. The zero-order valence-electron chi connectivity index (χ0n) is 37.9. The number of rotatable bonds is 4. The minimum absolute atomic E-state index is 0.124. The number of aromatic nitrogens is 2. The molecule has 0 atom stereocenters. The predicted molar refractivity (Wildman–Crippen MR) is 241 cm³/mol. The molecule has 2 amide bonds. The second-order valence-electron chi connectivity index (χ2n) is 18.5. The number of carbonyl (C=O) groups is 3. The second-order valence-corrected chi connectivity index (χ2v) is 18.5. The Kier molecular flexibility index (Phi) is 14.2. The van der Waals surface area contributed by atoms with Crippen molar-refractivity contribution in [2.24, 2.45) is 0 Å². The zero-order valence-corrected chi connectivity index (χ0v) is 37.9. The number of urea groups is 1. The van der Waals surface area contributed by atoms with E-state index in [4.69, 9.17) is 9.47 Å². The van der Waals surface area contributed by atoms with Crippen LogP contribution in [0.2, 0.25) is 0 Å². The number of H-pyrrole nitrogens is 2. The van der Waals surface area contributed by atoms with Gasteiger partial charge in [-0.2, -0.15) is 0 Å². The number of benzene rings is 2. The first-order chi connectivity index (χ1) is 29.2. The highest BCUT2D eigenvalue weighted by molar-refractivity contribution is 6.19. The zero-order chi connectivity index (χ0) is 45.1. The van der Waals surface area contributed by atoms with E-state index in [9.17, 15) is 23.2 Å². The summed E-state index contributed by atoms with van der Waals surface area (Å²) in [7, 11) is 4.19. The van der Waals surface area contributed by atoms with Crippen LogP contribution in [0.25, 0.3) is 33.0 Å². The molecule has 0 radical (unpaired) electrons. The van der Waals surface area contributed by atoms with Gasteiger partial charge in [-0.05, 0) is 89.3 Å². The third-order valence-corrected chi connectivity index (χ3v) is 11.5. The maximum absolute atomic E-state index is 13.9. The van der Waals surface area contributed by atoms with Gasteiger partial charge < -0.3 is 44.8 Å². The highest BCUT2D eigenvalue weighted by Crippen LogP contribution is 2.41. The lowest BCUT2D eigenvalue weighted by Crippen LogP contribution is -2.52. The fourth-order valence-electron chi connectivity index (χ4n) is 8.44. The molecule has 4 N–H and O–H groups in total. The van der Waals surface area contributed by atoms with Crippen LogP contribution in [0.1, 0.15) is 77.9 Å². The van der Waals surface area contributed by atoms with Gasteiger partial charge in [-0.15, -0.1) is 0 Å². The second kappa shape index (κ2) is 19.0. The molecule has 8 rings (SSSR count). The molecule has 4 aliphatic heterocycles. The van der Waals surface area contributed by atoms with E-state index < -0.39 is 17.4 Å². The summed E-state index contributed by atoms with van der Waals surface area (Å²) in [6.45, 7) is 24.2. The molecule has 2 saturated heterocycles. The van der Waals surface area contributed by atoms with Crippen LogP contribution >= 0.6 is 0 Å². The third-order valence-electron chi connectivity index (χ3n) is 11.5. The summed E-state index contributed by atoms with van der Waals surface area (Å²) >= 11 is 0. The molecule has 0 aliphatic carbocycles. The minimum atomic E-state index is -0.512. The van der Waals surface area contributed by atoms with Crippen LogP contribution < -0.4 is 10.6 Å². The molecule has 2 aromatic heterocycles. The quantitative estimate of drug-likeness (QED) is 0.168. The number of fused-ring (bicyclic) bond motifs is 6. The number of nitrogens with zero attached hydrogens (tertiary/aromatic N) is 4. The topological polar surface area (TPSA) is 138 Å². The number of nitrogens with one attached hydrogen (secondary N) is 4. The van der Waals surface area contributed by atoms with E-state index >= 15 is 0 Å². The van der Waals surface area contributed by atoms with E-state index in [1.807, 2.05) is 39.6 Å². The summed E-state index contributed by atoms with van der Waals surface area (Å²) < 4.78 is 38.3. The number of piperazine rings is 2. The van der Waals surface area contributed by atoms with Crippen LogP contribution in [-0.2, 0) is 29.9 Å². The molecule has 4 aromatic rings. The summed E-state index contributed by atoms with van der Waals surface area (Å²) in [4.78, 5) is 53.4. The molecule has 4 aliphatic rings. The van der Waals surface area contributed by atoms with Gasteiger partial charge in [0.1, 0.15) is 11.6 Å². The number of esters is 2. The van der Waals surface area contributed by atoms with Crippen LogP contribution in [0.4, 0.5) is 13.6 Å². The Morgan fingerprint density at radius 2 is 1.16 bits per heavy atom. The smallest absolute Gasteiger partial charge is 0.342 e. The lowest BCUT2D eigenvalue weighted by Gasteiger charge is -2.37. The normalized spacial score (nSPS) is 18.8. The average Bonchev–Trinajstić information content (AvgIpc) is 3.70. The molecule has 6 heterocycles. The van der Waals surface area contributed by atoms with Gasteiger partial charge >= 0.3 is 18.0 Å². The Morgan fingerprint density at radius 3 is 1.66 bits per heavy atom.